The summed E-state index contributed by atoms with van der Waals surface area (Å²) in [6, 6.07) is 1.50. The fourth-order valence-electron chi connectivity index (χ4n) is 3.85. The van der Waals surface area contributed by atoms with Gasteiger partial charge in [-0.3, -0.25) is 0 Å². The van der Waals surface area contributed by atoms with Gasteiger partial charge in [0.05, 0.1) is 0 Å². The molecule has 0 bridgehead atoms. The van der Waals surface area contributed by atoms with Crippen molar-refractivity contribution in [2.24, 2.45) is 10.8 Å². The molecule has 0 aromatic rings. The molecule has 0 aliphatic heterocycles. The first-order valence-corrected chi connectivity index (χ1v) is 7.68. The van der Waals surface area contributed by atoms with E-state index in [1.165, 1.54) is 51.4 Å². The maximum absolute atomic E-state index is 4.04. The topological polar surface area (TPSA) is 12.0 Å². The molecule has 2 rings (SSSR count). The van der Waals surface area contributed by atoms with Gasteiger partial charge in [-0.25, -0.2) is 0 Å². The maximum atomic E-state index is 4.04. The zero-order valence-electron chi connectivity index (χ0n) is 12.3. The molecular formula is C16H31N. The van der Waals surface area contributed by atoms with Crippen molar-refractivity contribution in [3.63, 3.8) is 0 Å². The van der Waals surface area contributed by atoms with Crippen molar-refractivity contribution < 1.29 is 0 Å². The lowest BCUT2D eigenvalue weighted by Crippen LogP contribution is -2.54. The van der Waals surface area contributed by atoms with E-state index in [0.717, 1.165) is 12.1 Å². The van der Waals surface area contributed by atoms with E-state index in [0.29, 0.717) is 10.8 Å². The van der Waals surface area contributed by atoms with E-state index in [9.17, 15) is 0 Å². The Morgan fingerprint density at radius 3 is 1.47 bits per heavy atom. The van der Waals surface area contributed by atoms with Gasteiger partial charge in [-0.05, 0) is 36.5 Å². The Morgan fingerprint density at radius 2 is 1.12 bits per heavy atom. The highest BCUT2D eigenvalue weighted by Gasteiger charge is 2.38. The lowest BCUT2D eigenvalue weighted by atomic mass is 9.69. The zero-order chi connectivity index (χ0) is 12.5. The van der Waals surface area contributed by atoms with Crippen LogP contribution in [-0.2, 0) is 0 Å². The van der Waals surface area contributed by atoms with Crippen LogP contribution in [0.4, 0.5) is 0 Å². The minimum Gasteiger partial charge on any atom is -0.310 e. The van der Waals surface area contributed by atoms with E-state index in [1.807, 2.05) is 0 Å². The van der Waals surface area contributed by atoms with Crippen LogP contribution in [0.3, 0.4) is 0 Å². The minimum atomic E-state index is 0.506. The van der Waals surface area contributed by atoms with Crippen LogP contribution in [0.25, 0.3) is 0 Å². The summed E-state index contributed by atoms with van der Waals surface area (Å²) in [5.74, 6) is 0. The first kappa shape index (κ1) is 13.4. The van der Waals surface area contributed by atoms with Crippen molar-refractivity contribution in [3.05, 3.63) is 0 Å². The molecule has 0 saturated heterocycles. The Morgan fingerprint density at radius 1 is 0.706 bits per heavy atom. The van der Waals surface area contributed by atoms with Gasteiger partial charge in [0, 0.05) is 12.1 Å². The second-order valence-electron chi connectivity index (χ2n) is 7.74. The molecule has 1 heteroatoms. The van der Waals surface area contributed by atoms with Gasteiger partial charge in [0.1, 0.15) is 0 Å². The van der Waals surface area contributed by atoms with E-state index in [2.05, 4.69) is 33.0 Å². The Kier molecular flexibility index (Phi) is 3.87. The lowest BCUT2D eigenvalue weighted by molar-refractivity contribution is 0.0955. The molecule has 2 atom stereocenters. The van der Waals surface area contributed by atoms with Gasteiger partial charge in [-0.2, -0.15) is 0 Å². The Bertz CT molecular complexity index is 228. The predicted molar refractivity (Wildman–Crippen MR) is 75.2 cm³/mol. The van der Waals surface area contributed by atoms with Crippen LogP contribution in [0, 0.1) is 10.8 Å². The van der Waals surface area contributed by atoms with E-state index in [-0.39, 0.29) is 0 Å². The predicted octanol–water partition coefficient (Wildman–Crippen LogP) is 4.51. The van der Waals surface area contributed by atoms with Crippen LogP contribution in [0.2, 0.25) is 0 Å². The molecule has 2 aliphatic carbocycles. The van der Waals surface area contributed by atoms with Crippen LogP contribution in [0.15, 0.2) is 0 Å². The first-order chi connectivity index (χ1) is 7.92. The van der Waals surface area contributed by atoms with Crippen LogP contribution in [0.5, 0.6) is 0 Å². The smallest absolute Gasteiger partial charge is 0.0121 e. The molecule has 2 fully saturated rings. The summed E-state index contributed by atoms with van der Waals surface area (Å²) in [7, 11) is 0. The lowest BCUT2D eigenvalue weighted by Gasteiger charge is -2.46. The van der Waals surface area contributed by atoms with Gasteiger partial charge in [0.2, 0.25) is 0 Å². The average Bonchev–Trinajstić information content (AvgIpc) is 2.23. The highest BCUT2D eigenvalue weighted by molar-refractivity contribution is 4.95. The van der Waals surface area contributed by atoms with Crippen molar-refractivity contribution in [2.45, 2.75) is 91.1 Å². The van der Waals surface area contributed by atoms with E-state index >= 15 is 0 Å². The fraction of sp³-hybridized carbons (Fsp3) is 1.00. The molecule has 1 nitrogen and oxygen atoms in total. The molecule has 0 radical (unpaired) electrons. The monoisotopic (exact) mass is 237 g/mol. The van der Waals surface area contributed by atoms with Crippen LogP contribution >= 0.6 is 0 Å². The molecule has 100 valence electrons. The molecule has 2 saturated carbocycles. The molecule has 0 heterocycles. The summed E-state index contributed by atoms with van der Waals surface area (Å²) in [6.45, 7) is 9.83. The molecule has 0 aromatic heterocycles. The minimum absolute atomic E-state index is 0.506. The average molecular weight is 237 g/mol. The van der Waals surface area contributed by atoms with Crippen molar-refractivity contribution in [1.29, 1.82) is 0 Å². The Labute approximate surface area is 108 Å². The second-order valence-corrected chi connectivity index (χ2v) is 7.74. The molecule has 0 amide bonds. The van der Waals surface area contributed by atoms with E-state index < -0.39 is 0 Å². The van der Waals surface area contributed by atoms with Crippen molar-refractivity contribution in [2.75, 3.05) is 0 Å². The summed E-state index contributed by atoms with van der Waals surface area (Å²) >= 11 is 0. The number of rotatable bonds is 2. The van der Waals surface area contributed by atoms with Gasteiger partial charge < -0.3 is 5.32 Å². The molecule has 0 aromatic carbocycles. The molecule has 17 heavy (non-hydrogen) atoms. The van der Waals surface area contributed by atoms with Crippen molar-refractivity contribution >= 4 is 0 Å². The van der Waals surface area contributed by atoms with Crippen LogP contribution in [0.1, 0.15) is 79.1 Å². The van der Waals surface area contributed by atoms with Gasteiger partial charge in [0.15, 0.2) is 0 Å². The summed E-state index contributed by atoms with van der Waals surface area (Å²) < 4.78 is 0. The first-order valence-electron chi connectivity index (χ1n) is 7.68. The molecule has 0 spiro atoms. The third kappa shape index (κ3) is 3.05. The molecule has 1 N–H and O–H groups in total. The standard InChI is InChI=1S/C16H31N/c1-15(2)11-7-5-9-13(15)17-14-10-6-8-12-16(14,3)4/h13-14,17H,5-12H2,1-4H3. The number of hydrogen-bond acceptors (Lipinski definition) is 1. The summed E-state index contributed by atoms with van der Waals surface area (Å²) in [6.07, 6.45) is 11.3. The van der Waals surface area contributed by atoms with Gasteiger partial charge in [-0.1, -0.05) is 53.4 Å². The Hall–Kier alpha value is -0.0400. The van der Waals surface area contributed by atoms with Crippen molar-refractivity contribution in [3.8, 4) is 0 Å². The van der Waals surface area contributed by atoms with Gasteiger partial charge >= 0.3 is 0 Å². The molecular weight excluding hydrogens is 206 g/mol. The normalized spacial score (nSPS) is 36.7. The SMILES string of the molecule is CC1(C)CCCCC1NC1CCCCC1(C)C. The quantitative estimate of drug-likeness (QED) is 0.745. The maximum Gasteiger partial charge on any atom is 0.0121 e. The van der Waals surface area contributed by atoms with E-state index in [1.54, 1.807) is 0 Å². The highest BCUT2D eigenvalue weighted by Crippen LogP contribution is 2.40. The van der Waals surface area contributed by atoms with Crippen molar-refractivity contribution in [1.82, 2.24) is 5.32 Å². The second kappa shape index (κ2) is 4.91. The van der Waals surface area contributed by atoms with Gasteiger partial charge in [0.25, 0.3) is 0 Å². The van der Waals surface area contributed by atoms with Crippen LogP contribution in [-0.4, -0.2) is 12.1 Å². The molecule has 2 unspecified atom stereocenters. The van der Waals surface area contributed by atoms with E-state index in [4.69, 9.17) is 0 Å². The molecule has 2 aliphatic rings. The third-order valence-corrected chi connectivity index (χ3v) is 5.42. The highest BCUT2D eigenvalue weighted by atomic mass is 15.0. The Balaban J connectivity index is 1.99. The summed E-state index contributed by atoms with van der Waals surface area (Å²) in [5.41, 5.74) is 1.01. The fourth-order valence-corrected chi connectivity index (χ4v) is 3.85. The van der Waals surface area contributed by atoms with Crippen LogP contribution < -0.4 is 5.32 Å². The summed E-state index contributed by atoms with van der Waals surface area (Å²) in [5, 5.41) is 4.04. The number of nitrogens with one attached hydrogen (secondary N) is 1. The largest absolute Gasteiger partial charge is 0.310 e. The summed E-state index contributed by atoms with van der Waals surface area (Å²) in [4.78, 5) is 0. The third-order valence-electron chi connectivity index (χ3n) is 5.42. The zero-order valence-corrected chi connectivity index (χ0v) is 12.3. The van der Waals surface area contributed by atoms with Gasteiger partial charge in [-0.15, -0.1) is 0 Å². The number of hydrogen-bond donors (Lipinski definition) is 1.